The van der Waals surface area contributed by atoms with Crippen LogP contribution < -0.4 is 10.2 Å². The van der Waals surface area contributed by atoms with Crippen LogP contribution in [0.1, 0.15) is 28.4 Å². The van der Waals surface area contributed by atoms with Gasteiger partial charge in [-0.15, -0.1) is 0 Å². The molecule has 2 aromatic rings. The van der Waals surface area contributed by atoms with Crippen LogP contribution in [0, 0.1) is 5.82 Å². The standard InChI is InChI=1S/C21H21F4N3O2/c1-14(29)16-4-7-19(18(22)12-16)27-8-10-28(11-9-27)20(30)26-13-15-2-5-17(6-3-15)21(23,24)25/h2-7,12H,8-11,13H2,1H3,(H,26,30). The van der Waals surface area contributed by atoms with Crippen LogP contribution in [0.4, 0.5) is 28.0 Å². The molecule has 1 fully saturated rings. The van der Waals surface area contributed by atoms with E-state index in [1.807, 2.05) is 0 Å². The Bertz CT molecular complexity index is 921. The number of hydrogen-bond acceptors (Lipinski definition) is 3. The number of nitrogens with zero attached hydrogens (tertiary/aromatic N) is 2. The van der Waals surface area contributed by atoms with Gasteiger partial charge in [-0.25, -0.2) is 9.18 Å². The van der Waals surface area contributed by atoms with Gasteiger partial charge in [0.2, 0.25) is 0 Å². The van der Waals surface area contributed by atoms with E-state index in [9.17, 15) is 27.2 Å². The molecule has 0 radical (unpaired) electrons. The summed E-state index contributed by atoms with van der Waals surface area (Å²) in [5, 5.41) is 2.69. The lowest BCUT2D eigenvalue weighted by molar-refractivity contribution is -0.137. The lowest BCUT2D eigenvalue weighted by Gasteiger charge is -2.36. The van der Waals surface area contributed by atoms with Gasteiger partial charge in [-0.3, -0.25) is 4.79 Å². The third-order valence-corrected chi connectivity index (χ3v) is 4.99. The highest BCUT2D eigenvalue weighted by Crippen LogP contribution is 2.29. The van der Waals surface area contributed by atoms with Gasteiger partial charge in [0, 0.05) is 38.3 Å². The number of hydrogen-bond donors (Lipinski definition) is 1. The Kier molecular flexibility index (Phi) is 6.28. The van der Waals surface area contributed by atoms with E-state index in [4.69, 9.17) is 0 Å². The van der Waals surface area contributed by atoms with Gasteiger partial charge < -0.3 is 15.1 Å². The number of carbonyl (C=O) groups excluding carboxylic acids is 2. The Labute approximate surface area is 171 Å². The predicted molar refractivity (Wildman–Crippen MR) is 104 cm³/mol. The Morgan fingerprint density at radius 3 is 2.17 bits per heavy atom. The Hall–Kier alpha value is -3.10. The first kappa shape index (κ1) is 21.6. The van der Waals surface area contributed by atoms with Crippen molar-refractivity contribution >= 4 is 17.5 Å². The van der Waals surface area contributed by atoms with Crippen molar-refractivity contribution in [3.05, 3.63) is 65.0 Å². The van der Waals surface area contributed by atoms with E-state index in [0.717, 1.165) is 12.1 Å². The molecule has 0 unspecified atom stereocenters. The van der Waals surface area contributed by atoms with Crippen molar-refractivity contribution in [2.24, 2.45) is 0 Å². The molecule has 2 amide bonds. The summed E-state index contributed by atoms with van der Waals surface area (Å²) >= 11 is 0. The van der Waals surface area contributed by atoms with Crippen molar-refractivity contribution in [1.29, 1.82) is 0 Å². The van der Waals surface area contributed by atoms with Crippen LogP contribution in [0.3, 0.4) is 0 Å². The summed E-state index contributed by atoms with van der Waals surface area (Å²) in [6.45, 7) is 3.06. The number of benzene rings is 2. The number of carbonyl (C=O) groups is 2. The fourth-order valence-corrected chi connectivity index (χ4v) is 3.23. The molecular formula is C21H21F4N3O2. The van der Waals surface area contributed by atoms with Gasteiger partial charge in [-0.1, -0.05) is 12.1 Å². The van der Waals surface area contributed by atoms with Crippen LogP contribution in [-0.2, 0) is 12.7 Å². The number of rotatable bonds is 4. The van der Waals surface area contributed by atoms with Gasteiger partial charge in [0.1, 0.15) is 5.82 Å². The quantitative estimate of drug-likeness (QED) is 0.596. The number of urea groups is 1. The third kappa shape index (κ3) is 5.08. The summed E-state index contributed by atoms with van der Waals surface area (Å²) in [4.78, 5) is 27.1. The summed E-state index contributed by atoms with van der Waals surface area (Å²) in [5.74, 6) is -0.696. The molecule has 5 nitrogen and oxygen atoms in total. The predicted octanol–water partition coefficient (Wildman–Crippen LogP) is 4.08. The molecule has 160 valence electrons. The largest absolute Gasteiger partial charge is 0.416 e. The number of alkyl halides is 3. The minimum Gasteiger partial charge on any atom is -0.366 e. The topological polar surface area (TPSA) is 52.7 Å². The van der Waals surface area contributed by atoms with E-state index < -0.39 is 17.6 Å². The van der Waals surface area contributed by atoms with E-state index in [1.165, 1.54) is 25.1 Å². The molecule has 3 rings (SSSR count). The zero-order valence-electron chi connectivity index (χ0n) is 16.3. The highest BCUT2D eigenvalue weighted by Gasteiger charge is 2.30. The SMILES string of the molecule is CC(=O)c1ccc(N2CCN(C(=O)NCc3ccc(C(F)(F)F)cc3)CC2)c(F)c1. The average Bonchev–Trinajstić information content (AvgIpc) is 2.71. The van der Waals surface area contributed by atoms with Gasteiger partial charge in [0.05, 0.1) is 11.3 Å². The normalized spacial score (nSPS) is 14.6. The zero-order valence-corrected chi connectivity index (χ0v) is 16.3. The summed E-state index contributed by atoms with van der Waals surface area (Å²) in [5.41, 5.74) is 0.502. The van der Waals surface area contributed by atoms with Crippen LogP contribution in [0.5, 0.6) is 0 Å². The first-order valence-electron chi connectivity index (χ1n) is 9.39. The molecule has 0 spiro atoms. The minimum absolute atomic E-state index is 0.109. The van der Waals surface area contributed by atoms with Gasteiger partial charge in [0.25, 0.3) is 0 Å². The third-order valence-electron chi connectivity index (χ3n) is 4.99. The van der Waals surface area contributed by atoms with Crippen molar-refractivity contribution in [2.45, 2.75) is 19.6 Å². The molecule has 1 aliphatic heterocycles. The molecular weight excluding hydrogens is 402 g/mol. The van der Waals surface area contributed by atoms with Crippen LogP contribution in [0.15, 0.2) is 42.5 Å². The van der Waals surface area contributed by atoms with Crippen molar-refractivity contribution in [2.75, 3.05) is 31.1 Å². The number of amides is 2. The summed E-state index contributed by atoms with van der Waals surface area (Å²) < 4.78 is 52.1. The van der Waals surface area contributed by atoms with Crippen LogP contribution in [0.2, 0.25) is 0 Å². The van der Waals surface area contributed by atoms with E-state index in [1.54, 1.807) is 21.9 Å². The average molecular weight is 423 g/mol. The van der Waals surface area contributed by atoms with E-state index >= 15 is 0 Å². The minimum atomic E-state index is -4.40. The molecule has 1 aliphatic rings. The van der Waals surface area contributed by atoms with E-state index in [-0.39, 0.29) is 18.4 Å². The lowest BCUT2D eigenvalue weighted by atomic mass is 10.1. The first-order valence-corrected chi connectivity index (χ1v) is 9.39. The number of ketones is 1. The second-order valence-electron chi connectivity index (χ2n) is 7.05. The molecule has 0 saturated carbocycles. The zero-order chi connectivity index (χ0) is 21.9. The van der Waals surface area contributed by atoms with Crippen LogP contribution in [-0.4, -0.2) is 42.9 Å². The molecule has 0 aromatic heterocycles. The maximum atomic E-state index is 14.3. The molecule has 2 aromatic carbocycles. The second kappa shape index (κ2) is 8.73. The maximum absolute atomic E-state index is 14.3. The van der Waals surface area contributed by atoms with Crippen molar-refractivity contribution in [3.63, 3.8) is 0 Å². The van der Waals surface area contributed by atoms with Gasteiger partial charge in [-0.05, 0) is 42.8 Å². The molecule has 30 heavy (non-hydrogen) atoms. The van der Waals surface area contributed by atoms with Crippen LogP contribution in [0.25, 0.3) is 0 Å². The van der Waals surface area contributed by atoms with E-state index in [2.05, 4.69) is 5.32 Å². The van der Waals surface area contributed by atoms with Gasteiger partial charge in [0.15, 0.2) is 5.78 Å². The van der Waals surface area contributed by atoms with Crippen molar-refractivity contribution in [1.82, 2.24) is 10.2 Å². The van der Waals surface area contributed by atoms with Crippen LogP contribution >= 0.6 is 0 Å². The molecule has 1 saturated heterocycles. The van der Waals surface area contributed by atoms with Crippen molar-refractivity contribution < 1.29 is 27.2 Å². The number of nitrogens with one attached hydrogen (secondary N) is 1. The highest BCUT2D eigenvalue weighted by atomic mass is 19.4. The number of anilines is 1. The molecule has 0 aliphatic carbocycles. The molecule has 1 N–H and O–H groups in total. The fraction of sp³-hybridized carbons (Fsp3) is 0.333. The number of Topliss-reactive ketones (excluding diaryl/α,β-unsaturated/α-hetero) is 1. The molecule has 1 heterocycles. The summed E-state index contributed by atoms with van der Waals surface area (Å²) in [6, 6.07) is 8.63. The fourth-order valence-electron chi connectivity index (χ4n) is 3.23. The molecule has 0 bridgehead atoms. The number of piperazine rings is 1. The Balaban J connectivity index is 1.51. The molecule has 9 heteroatoms. The smallest absolute Gasteiger partial charge is 0.366 e. The second-order valence-corrected chi connectivity index (χ2v) is 7.05. The summed E-state index contributed by atoms with van der Waals surface area (Å²) in [6.07, 6.45) is -4.40. The Morgan fingerprint density at radius 1 is 1.00 bits per heavy atom. The van der Waals surface area contributed by atoms with E-state index in [0.29, 0.717) is 43.0 Å². The monoisotopic (exact) mass is 423 g/mol. The number of halogens is 4. The first-order chi connectivity index (χ1) is 14.1. The maximum Gasteiger partial charge on any atom is 0.416 e. The van der Waals surface area contributed by atoms with Gasteiger partial charge >= 0.3 is 12.2 Å². The van der Waals surface area contributed by atoms with Crippen molar-refractivity contribution in [3.8, 4) is 0 Å². The lowest BCUT2D eigenvalue weighted by Crippen LogP contribution is -2.51. The van der Waals surface area contributed by atoms with Gasteiger partial charge in [-0.2, -0.15) is 13.2 Å². The Morgan fingerprint density at radius 2 is 1.63 bits per heavy atom. The summed E-state index contributed by atoms with van der Waals surface area (Å²) in [7, 11) is 0. The molecule has 0 atom stereocenters. The highest BCUT2D eigenvalue weighted by molar-refractivity contribution is 5.94.